The molecule has 4 aromatic heterocycles. The molecule has 0 spiro atoms. The Balaban J connectivity index is 1.73. The fourth-order valence-electron chi connectivity index (χ4n) is 1.96. The summed E-state index contributed by atoms with van der Waals surface area (Å²) in [5.41, 5.74) is -0.114. The molecule has 0 aliphatic rings. The van der Waals surface area contributed by atoms with E-state index in [1.54, 1.807) is 22.7 Å². The molecule has 108 valence electrons. The lowest BCUT2D eigenvalue weighted by atomic mass is 10.4. The molecule has 0 saturated carbocycles. The van der Waals surface area contributed by atoms with Crippen LogP contribution in [0.2, 0.25) is 0 Å². The fourth-order valence-corrected chi connectivity index (χ4v) is 4.22. The summed E-state index contributed by atoms with van der Waals surface area (Å²) in [7, 11) is 0. The van der Waals surface area contributed by atoms with Crippen molar-refractivity contribution < 1.29 is 0 Å². The highest BCUT2D eigenvalue weighted by molar-refractivity contribution is 7.15. The highest BCUT2D eigenvalue weighted by atomic mass is 32.1. The van der Waals surface area contributed by atoms with Crippen LogP contribution < -0.4 is 10.1 Å². The van der Waals surface area contributed by atoms with E-state index in [1.165, 1.54) is 15.9 Å². The zero-order valence-electron chi connectivity index (χ0n) is 11.2. The van der Waals surface area contributed by atoms with Crippen molar-refractivity contribution in [2.75, 3.05) is 0 Å². The zero-order valence-corrected chi connectivity index (χ0v) is 13.6. The van der Waals surface area contributed by atoms with Gasteiger partial charge in [-0.15, -0.1) is 27.8 Å². The van der Waals surface area contributed by atoms with Crippen LogP contribution >= 0.6 is 34.0 Å². The van der Waals surface area contributed by atoms with E-state index in [2.05, 4.69) is 10.1 Å². The maximum absolute atomic E-state index is 12.3. The molecule has 4 rings (SSSR count). The number of aromatic nitrogens is 3. The maximum Gasteiger partial charge on any atom is 0.291 e. The van der Waals surface area contributed by atoms with Gasteiger partial charge in [-0.05, 0) is 41.1 Å². The highest BCUT2D eigenvalue weighted by Crippen LogP contribution is 2.13. The van der Waals surface area contributed by atoms with Crippen molar-refractivity contribution in [2.24, 2.45) is 0 Å². The first-order valence-electron chi connectivity index (χ1n) is 6.46. The summed E-state index contributed by atoms with van der Waals surface area (Å²) in [5.74, 6) is 0.555. The van der Waals surface area contributed by atoms with Crippen LogP contribution in [-0.2, 0) is 0 Å². The number of nitrogens with zero attached hydrogens (tertiary/aromatic N) is 3. The fraction of sp³-hybridized carbons (Fsp3) is 0. The normalized spacial score (nSPS) is 12.8. The van der Waals surface area contributed by atoms with E-state index in [0.717, 1.165) is 9.75 Å². The first-order valence-corrected chi connectivity index (χ1v) is 9.03. The molecular formula is C15H9N3OS3. The minimum Gasteiger partial charge on any atom is -0.266 e. The van der Waals surface area contributed by atoms with E-state index in [4.69, 9.17) is 0 Å². The van der Waals surface area contributed by atoms with Crippen LogP contribution in [0.15, 0.2) is 39.8 Å². The second kappa shape index (κ2) is 5.60. The van der Waals surface area contributed by atoms with Crippen molar-refractivity contribution in [3.8, 4) is 0 Å². The molecule has 4 nitrogen and oxygen atoms in total. The van der Waals surface area contributed by atoms with Crippen LogP contribution in [0.3, 0.4) is 0 Å². The van der Waals surface area contributed by atoms with E-state index >= 15 is 0 Å². The Morgan fingerprint density at radius 3 is 2.50 bits per heavy atom. The van der Waals surface area contributed by atoms with Crippen molar-refractivity contribution in [2.45, 2.75) is 0 Å². The predicted molar refractivity (Wildman–Crippen MR) is 93.5 cm³/mol. The lowest BCUT2D eigenvalue weighted by Gasteiger charge is -1.82. The number of rotatable bonds is 3. The molecule has 0 radical (unpaired) electrons. The van der Waals surface area contributed by atoms with Gasteiger partial charge in [0, 0.05) is 9.75 Å². The Morgan fingerprint density at radius 1 is 1.05 bits per heavy atom. The SMILES string of the molecule is O=c1/c(=C\c2cccs2)sc2nc(/C=C/c3cccs3)nn12. The lowest BCUT2D eigenvalue weighted by molar-refractivity contribution is 0.925. The van der Waals surface area contributed by atoms with Gasteiger partial charge in [0.15, 0.2) is 5.82 Å². The molecule has 0 saturated heterocycles. The van der Waals surface area contributed by atoms with Crippen LogP contribution in [0.25, 0.3) is 23.2 Å². The molecule has 0 aliphatic carbocycles. The number of thiophene rings is 2. The van der Waals surface area contributed by atoms with Crippen molar-refractivity contribution in [3.63, 3.8) is 0 Å². The average Bonchev–Trinajstić information content (AvgIpc) is 3.27. The second-order valence-corrected chi connectivity index (χ2v) is 7.41. The molecule has 0 unspecified atom stereocenters. The number of hydrogen-bond donors (Lipinski definition) is 0. The molecule has 4 aromatic rings. The lowest BCUT2D eigenvalue weighted by Crippen LogP contribution is -2.23. The highest BCUT2D eigenvalue weighted by Gasteiger charge is 2.08. The number of thiazole rings is 1. The quantitative estimate of drug-likeness (QED) is 0.574. The van der Waals surface area contributed by atoms with Crippen molar-refractivity contribution >= 4 is 57.2 Å². The summed E-state index contributed by atoms with van der Waals surface area (Å²) < 4.78 is 2.03. The molecule has 0 N–H and O–H groups in total. The maximum atomic E-state index is 12.3. The Morgan fingerprint density at radius 2 is 1.82 bits per heavy atom. The van der Waals surface area contributed by atoms with Crippen LogP contribution in [0.1, 0.15) is 15.6 Å². The number of hydrogen-bond acceptors (Lipinski definition) is 6. The first-order chi connectivity index (χ1) is 10.8. The summed E-state index contributed by atoms with van der Waals surface area (Å²) >= 11 is 4.61. The van der Waals surface area contributed by atoms with Gasteiger partial charge >= 0.3 is 0 Å². The van der Waals surface area contributed by atoms with Gasteiger partial charge in [0.25, 0.3) is 5.56 Å². The average molecular weight is 343 g/mol. The summed E-state index contributed by atoms with van der Waals surface area (Å²) in [4.78, 5) is 19.5. The summed E-state index contributed by atoms with van der Waals surface area (Å²) in [5, 5.41) is 8.27. The van der Waals surface area contributed by atoms with E-state index in [0.29, 0.717) is 15.3 Å². The van der Waals surface area contributed by atoms with Crippen molar-refractivity contribution in [3.05, 3.63) is 65.5 Å². The summed E-state index contributed by atoms with van der Waals surface area (Å²) in [6.45, 7) is 0. The van der Waals surface area contributed by atoms with Gasteiger partial charge in [-0.2, -0.15) is 9.50 Å². The topological polar surface area (TPSA) is 47.3 Å². The van der Waals surface area contributed by atoms with Crippen LogP contribution in [0, 0.1) is 0 Å². The predicted octanol–water partition coefficient (Wildman–Crippen LogP) is 2.99. The molecule has 0 aromatic carbocycles. The second-order valence-electron chi connectivity index (χ2n) is 4.44. The summed E-state index contributed by atoms with van der Waals surface area (Å²) in [6.07, 6.45) is 5.66. The van der Waals surface area contributed by atoms with Crippen molar-refractivity contribution in [1.82, 2.24) is 14.6 Å². The minimum atomic E-state index is -0.114. The van der Waals surface area contributed by atoms with Gasteiger partial charge in [-0.1, -0.05) is 23.5 Å². The molecule has 0 bridgehead atoms. The third-order valence-corrected chi connectivity index (χ3v) is 5.57. The minimum absolute atomic E-state index is 0.114. The molecular weight excluding hydrogens is 334 g/mol. The van der Waals surface area contributed by atoms with E-state index in [-0.39, 0.29) is 5.56 Å². The van der Waals surface area contributed by atoms with E-state index < -0.39 is 0 Å². The Labute approximate surface area is 137 Å². The molecule has 0 fully saturated rings. The summed E-state index contributed by atoms with van der Waals surface area (Å²) in [6, 6.07) is 7.96. The third kappa shape index (κ3) is 2.54. The monoisotopic (exact) mass is 343 g/mol. The van der Waals surface area contributed by atoms with Gasteiger partial charge in [-0.25, -0.2) is 0 Å². The van der Waals surface area contributed by atoms with Crippen LogP contribution in [0.4, 0.5) is 0 Å². The van der Waals surface area contributed by atoms with Crippen LogP contribution in [-0.4, -0.2) is 14.6 Å². The van der Waals surface area contributed by atoms with Gasteiger partial charge in [0.05, 0.1) is 4.53 Å². The zero-order chi connectivity index (χ0) is 14.9. The van der Waals surface area contributed by atoms with Gasteiger partial charge < -0.3 is 0 Å². The molecule has 22 heavy (non-hydrogen) atoms. The van der Waals surface area contributed by atoms with E-state index in [1.807, 2.05) is 53.3 Å². The van der Waals surface area contributed by atoms with Gasteiger partial charge in [0.2, 0.25) is 4.96 Å². The molecule has 0 atom stereocenters. The van der Waals surface area contributed by atoms with Crippen molar-refractivity contribution in [1.29, 1.82) is 0 Å². The number of fused-ring (bicyclic) bond motifs is 1. The van der Waals surface area contributed by atoms with Gasteiger partial charge in [0.1, 0.15) is 0 Å². The van der Waals surface area contributed by atoms with Gasteiger partial charge in [-0.3, -0.25) is 4.79 Å². The smallest absolute Gasteiger partial charge is 0.266 e. The largest absolute Gasteiger partial charge is 0.291 e. The Hall–Kier alpha value is -2.09. The Bertz CT molecular complexity index is 1040. The molecule has 0 amide bonds. The first kappa shape index (κ1) is 13.6. The Kier molecular flexibility index (Phi) is 3.45. The standard InChI is InChI=1S/C15H9N3OS3/c19-14-12(9-11-4-2-8-21-11)22-15-16-13(17-18(14)15)6-5-10-3-1-7-20-10/h1-9H/b6-5+,12-9+. The molecule has 4 heterocycles. The molecule has 0 aliphatic heterocycles. The van der Waals surface area contributed by atoms with E-state index in [9.17, 15) is 4.79 Å². The molecule has 7 heteroatoms. The van der Waals surface area contributed by atoms with Crippen LogP contribution in [0.5, 0.6) is 0 Å². The third-order valence-electron chi connectivity index (χ3n) is 2.95.